The standard InChI is InChI=1S/C16H17NO3/c1-17(8-2-4-14-5-3-9-18-14)11-13-6-7-15-16(10-13)20-12-19-15/h2-7,9-10H,8,11-12H2,1H3/b4-2+. The molecule has 104 valence electrons. The molecule has 0 saturated heterocycles. The molecular formula is C16H17NO3. The summed E-state index contributed by atoms with van der Waals surface area (Å²) >= 11 is 0. The van der Waals surface area contributed by atoms with Crippen LogP contribution in [-0.4, -0.2) is 25.3 Å². The van der Waals surface area contributed by atoms with E-state index in [-0.39, 0.29) is 0 Å². The number of furan rings is 1. The minimum Gasteiger partial charge on any atom is -0.465 e. The normalized spacial score (nSPS) is 13.5. The van der Waals surface area contributed by atoms with E-state index in [1.807, 2.05) is 30.3 Å². The lowest BCUT2D eigenvalue weighted by Crippen LogP contribution is -2.17. The molecule has 0 amide bonds. The van der Waals surface area contributed by atoms with Crippen LogP contribution in [-0.2, 0) is 6.54 Å². The van der Waals surface area contributed by atoms with Crippen molar-refractivity contribution < 1.29 is 13.9 Å². The molecule has 1 aromatic heterocycles. The van der Waals surface area contributed by atoms with E-state index >= 15 is 0 Å². The first kappa shape index (κ1) is 12.8. The molecule has 0 saturated carbocycles. The summed E-state index contributed by atoms with van der Waals surface area (Å²) in [5.74, 6) is 2.54. The molecular weight excluding hydrogens is 254 g/mol. The van der Waals surface area contributed by atoms with E-state index in [9.17, 15) is 0 Å². The van der Waals surface area contributed by atoms with E-state index in [1.54, 1.807) is 6.26 Å². The second-order valence-electron chi connectivity index (χ2n) is 4.80. The number of nitrogens with zero attached hydrogens (tertiary/aromatic N) is 1. The molecule has 0 radical (unpaired) electrons. The SMILES string of the molecule is CN(C/C=C/c1ccco1)Cc1ccc2c(c1)OCO2. The molecule has 4 heteroatoms. The van der Waals surface area contributed by atoms with Gasteiger partial charge in [0.1, 0.15) is 5.76 Å². The number of benzene rings is 1. The molecule has 1 aliphatic rings. The lowest BCUT2D eigenvalue weighted by Gasteiger charge is -2.14. The van der Waals surface area contributed by atoms with Crippen LogP contribution in [0.25, 0.3) is 6.08 Å². The van der Waals surface area contributed by atoms with Gasteiger partial charge in [0.05, 0.1) is 6.26 Å². The predicted octanol–water partition coefficient (Wildman–Crippen LogP) is 3.15. The molecule has 1 aliphatic heterocycles. The summed E-state index contributed by atoms with van der Waals surface area (Å²) in [6.07, 6.45) is 5.75. The number of hydrogen-bond acceptors (Lipinski definition) is 4. The Balaban J connectivity index is 1.55. The summed E-state index contributed by atoms with van der Waals surface area (Å²) in [4.78, 5) is 2.22. The van der Waals surface area contributed by atoms with E-state index < -0.39 is 0 Å². The first-order chi connectivity index (χ1) is 9.81. The molecule has 1 aromatic carbocycles. The molecule has 0 unspecified atom stereocenters. The number of hydrogen-bond donors (Lipinski definition) is 0. The van der Waals surface area contributed by atoms with Crippen LogP contribution in [0.2, 0.25) is 0 Å². The van der Waals surface area contributed by atoms with Crippen molar-refractivity contribution in [1.82, 2.24) is 4.90 Å². The van der Waals surface area contributed by atoms with Crippen LogP contribution in [0.1, 0.15) is 11.3 Å². The van der Waals surface area contributed by atoms with Crippen LogP contribution in [0.5, 0.6) is 11.5 Å². The fourth-order valence-electron chi connectivity index (χ4n) is 2.15. The number of fused-ring (bicyclic) bond motifs is 1. The van der Waals surface area contributed by atoms with Gasteiger partial charge in [-0.25, -0.2) is 0 Å². The monoisotopic (exact) mass is 271 g/mol. The summed E-state index contributed by atoms with van der Waals surface area (Å²) in [6.45, 7) is 2.04. The lowest BCUT2D eigenvalue weighted by molar-refractivity contribution is 0.174. The second kappa shape index (κ2) is 5.84. The van der Waals surface area contributed by atoms with Gasteiger partial charge >= 0.3 is 0 Å². The molecule has 3 rings (SSSR count). The largest absolute Gasteiger partial charge is 0.465 e. The Labute approximate surface area is 118 Å². The zero-order valence-corrected chi connectivity index (χ0v) is 11.4. The van der Waals surface area contributed by atoms with Crippen LogP contribution in [0.3, 0.4) is 0 Å². The van der Waals surface area contributed by atoms with Gasteiger partial charge in [0.2, 0.25) is 6.79 Å². The molecule has 0 atom stereocenters. The van der Waals surface area contributed by atoms with Crippen LogP contribution in [0, 0.1) is 0 Å². The van der Waals surface area contributed by atoms with E-state index in [1.165, 1.54) is 5.56 Å². The molecule has 0 spiro atoms. The summed E-state index contributed by atoms with van der Waals surface area (Å²) in [6, 6.07) is 9.89. The fraction of sp³-hybridized carbons (Fsp3) is 0.250. The Morgan fingerprint density at radius 3 is 2.95 bits per heavy atom. The Bertz CT molecular complexity index is 590. The highest BCUT2D eigenvalue weighted by atomic mass is 16.7. The van der Waals surface area contributed by atoms with Crippen LogP contribution < -0.4 is 9.47 Å². The van der Waals surface area contributed by atoms with Crippen molar-refractivity contribution in [3.05, 3.63) is 54.0 Å². The third-order valence-electron chi connectivity index (χ3n) is 3.13. The topological polar surface area (TPSA) is 34.8 Å². The first-order valence-corrected chi connectivity index (χ1v) is 6.58. The molecule has 4 nitrogen and oxygen atoms in total. The van der Waals surface area contributed by atoms with Gasteiger partial charge in [-0.05, 0) is 43.0 Å². The zero-order valence-electron chi connectivity index (χ0n) is 11.4. The van der Waals surface area contributed by atoms with Crippen molar-refractivity contribution in [1.29, 1.82) is 0 Å². The van der Waals surface area contributed by atoms with E-state index in [4.69, 9.17) is 13.9 Å². The maximum absolute atomic E-state index is 5.38. The second-order valence-corrected chi connectivity index (χ2v) is 4.80. The Morgan fingerprint density at radius 1 is 1.20 bits per heavy atom. The predicted molar refractivity (Wildman–Crippen MR) is 76.6 cm³/mol. The van der Waals surface area contributed by atoms with Gasteiger partial charge in [-0.15, -0.1) is 0 Å². The van der Waals surface area contributed by atoms with Crippen molar-refractivity contribution in [2.45, 2.75) is 6.54 Å². The van der Waals surface area contributed by atoms with Gasteiger partial charge in [-0.2, -0.15) is 0 Å². The van der Waals surface area contributed by atoms with Gasteiger partial charge in [0.15, 0.2) is 11.5 Å². The molecule has 2 aromatic rings. The number of rotatable bonds is 5. The number of likely N-dealkylation sites (N-methyl/N-ethyl adjacent to an activating group) is 1. The number of ether oxygens (including phenoxy) is 2. The molecule has 0 aliphatic carbocycles. The Morgan fingerprint density at radius 2 is 2.10 bits per heavy atom. The lowest BCUT2D eigenvalue weighted by atomic mass is 10.2. The summed E-state index contributed by atoms with van der Waals surface area (Å²) in [5.41, 5.74) is 1.21. The van der Waals surface area contributed by atoms with E-state index in [2.05, 4.69) is 24.1 Å². The summed E-state index contributed by atoms with van der Waals surface area (Å²) in [5, 5.41) is 0. The first-order valence-electron chi connectivity index (χ1n) is 6.58. The summed E-state index contributed by atoms with van der Waals surface area (Å²) < 4.78 is 15.9. The fourth-order valence-corrected chi connectivity index (χ4v) is 2.15. The van der Waals surface area contributed by atoms with Crippen LogP contribution >= 0.6 is 0 Å². The highest BCUT2D eigenvalue weighted by Crippen LogP contribution is 2.32. The van der Waals surface area contributed by atoms with Crippen molar-refractivity contribution in [3.8, 4) is 11.5 Å². The van der Waals surface area contributed by atoms with Gasteiger partial charge in [0, 0.05) is 13.1 Å². The third-order valence-corrected chi connectivity index (χ3v) is 3.13. The quantitative estimate of drug-likeness (QED) is 0.836. The van der Waals surface area contributed by atoms with Crippen molar-refractivity contribution >= 4 is 6.08 Å². The summed E-state index contributed by atoms with van der Waals surface area (Å²) in [7, 11) is 2.08. The van der Waals surface area contributed by atoms with Crippen molar-refractivity contribution in [3.63, 3.8) is 0 Å². The van der Waals surface area contributed by atoms with Crippen molar-refractivity contribution in [2.24, 2.45) is 0 Å². The average Bonchev–Trinajstić information content (AvgIpc) is 3.08. The molecule has 20 heavy (non-hydrogen) atoms. The van der Waals surface area contributed by atoms with Crippen molar-refractivity contribution in [2.75, 3.05) is 20.4 Å². The Kier molecular flexibility index (Phi) is 3.74. The van der Waals surface area contributed by atoms with Gasteiger partial charge < -0.3 is 13.9 Å². The maximum atomic E-state index is 5.38. The minimum absolute atomic E-state index is 0.320. The maximum Gasteiger partial charge on any atom is 0.231 e. The smallest absolute Gasteiger partial charge is 0.231 e. The van der Waals surface area contributed by atoms with Crippen LogP contribution in [0.15, 0.2) is 47.1 Å². The average molecular weight is 271 g/mol. The molecule has 0 fully saturated rings. The molecule has 2 heterocycles. The van der Waals surface area contributed by atoms with Gasteiger partial charge in [-0.3, -0.25) is 4.90 Å². The zero-order chi connectivity index (χ0) is 13.8. The third kappa shape index (κ3) is 3.03. The highest BCUT2D eigenvalue weighted by Gasteiger charge is 2.13. The molecule has 0 N–H and O–H groups in total. The highest BCUT2D eigenvalue weighted by molar-refractivity contribution is 5.44. The van der Waals surface area contributed by atoms with E-state index in [0.717, 1.165) is 30.3 Å². The molecule has 0 bridgehead atoms. The van der Waals surface area contributed by atoms with Gasteiger partial charge in [-0.1, -0.05) is 12.1 Å². The van der Waals surface area contributed by atoms with Crippen LogP contribution in [0.4, 0.5) is 0 Å². The van der Waals surface area contributed by atoms with E-state index in [0.29, 0.717) is 6.79 Å². The van der Waals surface area contributed by atoms with Gasteiger partial charge in [0.25, 0.3) is 0 Å². The minimum atomic E-state index is 0.320. The Hall–Kier alpha value is -2.20.